The van der Waals surface area contributed by atoms with Crippen molar-refractivity contribution in [3.8, 4) is 0 Å². The topological polar surface area (TPSA) is 42.7 Å². The minimum Gasteiger partial charge on any atom is -0.328 e. The van der Waals surface area contributed by atoms with Crippen LogP contribution in [0.25, 0.3) is 11.0 Å². The lowest BCUT2D eigenvalue weighted by molar-refractivity contribution is 0.551. The van der Waals surface area contributed by atoms with Crippen LogP contribution in [-0.2, 0) is 13.1 Å². The standard InChI is InChI=1S/C17H18N4/c1-2-21-16-7-8-18-11-15(16)20-17(21)14-10-19-9-12-5-3-4-6-13(12)14/h3-8,11,14,19H,2,9-10H2,1H3. The molecule has 0 bridgehead atoms. The van der Waals surface area contributed by atoms with E-state index in [1.807, 2.05) is 12.4 Å². The van der Waals surface area contributed by atoms with Crippen LogP contribution >= 0.6 is 0 Å². The molecule has 3 aromatic rings. The highest BCUT2D eigenvalue weighted by Gasteiger charge is 2.26. The molecular weight excluding hydrogens is 260 g/mol. The molecule has 4 rings (SSSR count). The lowest BCUT2D eigenvalue weighted by Crippen LogP contribution is -2.30. The maximum Gasteiger partial charge on any atom is 0.118 e. The fraction of sp³-hybridized carbons (Fsp3) is 0.294. The Hall–Kier alpha value is -2.20. The number of hydrogen-bond acceptors (Lipinski definition) is 3. The van der Waals surface area contributed by atoms with Gasteiger partial charge in [-0.3, -0.25) is 4.98 Å². The maximum absolute atomic E-state index is 4.87. The van der Waals surface area contributed by atoms with E-state index in [1.165, 1.54) is 16.6 Å². The Kier molecular flexibility index (Phi) is 2.97. The highest BCUT2D eigenvalue weighted by Crippen LogP contribution is 2.31. The highest BCUT2D eigenvalue weighted by molar-refractivity contribution is 5.75. The van der Waals surface area contributed by atoms with E-state index in [0.717, 1.165) is 31.0 Å². The third-order valence-corrected chi connectivity index (χ3v) is 4.30. The van der Waals surface area contributed by atoms with Crippen molar-refractivity contribution in [3.05, 3.63) is 59.7 Å². The van der Waals surface area contributed by atoms with Crippen molar-refractivity contribution >= 4 is 11.0 Å². The molecule has 0 fully saturated rings. The van der Waals surface area contributed by atoms with Gasteiger partial charge in [0.2, 0.25) is 0 Å². The zero-order valence-electron chi connectivity index (χ0n) is 12.1. The van der Waals surface area contributed by atoms with Gasteiger partial charge in [-0.05, 0) is 24.1 Å². The SMILES string of the molecule is CCn1c(C2CNCc3ccccc32)nc2cnccc21. The Morgan fingerprint density at radius 2 is 2.19 bits per heavy atom. The number of imidazole rings is 1. The minimum absolute atomic E-state index is 0.308. The van der Waals surface area contributed by atoms with Crippen molar-refractivity contribution in [2.24, 2.45) is 0 Å². The molecule has 0 aliphatic carbocycles. The Morgan fingerprint density at radius 3 is 3.10 bits per heavy atom. The first-order valence-electron chi connectivity index (χ1n) is 7.47. The van der Waals surface area contributed by atoms with Gasteiger partial charge in [0, 0.05) is 25.8 Å². The van der Waals surface area contributed by atoms with Crippen LogP contribution in [0.3, 0.4) is 0 Å². The van der Waals surface area contributed by atoms with E-state index >= 15 is 0 Å². The van der Waals surface area contributed by atoms with Crippen molar-refractivity contribution in [2.75, 3.05) is 6.54 Å². The van der Waals surface area contributed by atoms with Gasteiger partial charge in [0.25, 0.3) is 0 Å². The van der Waals surface area contributed by atoms with Gasteiger partial charge in [-0.25, -0.2) is 4.98 Å². The monoisotopic (exact) mass is 278 g/mol. The summed E-state index contributed by atoms with van der Waals surface area (Å²) < 4.78 is 2.31. The van der Waals surface area contributed by atoms with Gasteiger partial charge in [-0.1, -0.05) is 24.3 Å². The molecule has 2 aromatic heterocycles. The molecule has 3 heterocycles. The summed E-state index contributed by atoms with van der Waals surface area (Å²) in [6, 6.07) is 10.7. The normalized spacial score (nSPS) is 17.9. The molecule has 4 heteroatoms. The van der Waals surface area contributed by atoms with Crippen molar-refractivity contribution in [2.45, 2.75) is 25.9 Å². The maximum atomic E-state index is 4.87. The van der Waals surface area contributed by atoms with E-state index in [9.17, 15) is 0 Å². The van der Waals surface area contributed by atoms with Gasteiger partial charge in [-0.2, -0.15) is 0 Å². The molecule has 0 saturated heterocycles. The average Bonchev–Trinajstić information content (AvgIpc) is 2.92. The van der Waals surface area contributed by atoms with E-state index in [1.54, 1.807) is 0 Å². The van der Waals surface area contributed by atoms with Gasteiger partial charge >= 0.3 is 0 Å². The molecule has 1 N–H and O–H groups in total. The molecule has 4 nitrogen and oxygen atoms in total. The molecule has 0 saturated carbocycles. The van der Waals surface area contributed by atoms with Crippen LogP contribution in [0, 0.1) is 0 Å². The van der Waals surface area contributed by atoms with Gasteiger partial charge < -0.3 is 9.88 Å². The first-order valence-corrected chi connectivity index (χ1v) is 7.47. The molecule has 0 radical (unpaired) electrons. The number of rotatable bonds is 2. The predicted octanol–water partition coefficient (Wildman–Crippen LogP) is 2.69. The zero-order chi connectivity index (χ0) is 14.2. The second kappa shape index (κ2) is 4.97. The summed E-state index contributed by atoms with van der Waals surface area (Å²) >= 11 is 0. The van der Waals surface area contributed by atoms with E-state index in [4.69, 9.17) is 4.98 Å². The Balaban J connectivity index is 1.91. The van der Waals surface area contributed by atoms with Crippen molar-refractivity contribution < 1.29 is 0 Å². The first kappa shape index (κ1) is 12.5. The van der Waals surface area contributed by atoms with Crippen LogP contribution in [0.1, 0.15) is 29.8 Å². The summed E-state index contributed by atoms with van der Waals surface area (Å²) in [4.78, 5) is 9.07. The van der Waals surface area contributed by atoms with E-state index in [0.29, 0.717) is 5.92 Å². The zero-order valence-corrected chi connectivity index (χ0v) is 12.1. The third-order valence-electron chi connectivity index (χ3n) is 4.30. The number of nitrogens with zero attached hydrogens (tertiary/aromatic N) is 3. The van der Waals surface area contributed by atoms with Crippen LogP contribution in [0.4, 0.5) is 0 Å². The summed E-state index contributed by atoms with van der Waals surface area (Å²) in [6.45, 7) is 4.98. The number of aryl methyl sites for hydroxylation is 1. The highest BCUT2D eigenvalue weighted by atomic mass is 15.1. The third kappa shape index (κ3) is 1.94. The largest absolute Gasteiger partial charge is 0.328 e. The molecule has 1 aliphatic rings. The van der Waals surface area contributed by atoms with Crippen LogP contribution in [0.2, 0.25) is 0 Å². The molecule has 0 amide bonds. The molecule has 1 unspecified atom stereocenters. The van der Waals surface area contributed by atoms with E-state index in [-0.39, 0.29) is 0 Å². The fourth-order valence-corrected chi connectivity index (χ4v) is 3.33. The summed E-state index contributed by atoms with van der Waals surface area (Å²) in [5.41, 5.74) is 4.93. The molecule has 106 valence electrons. The van der Waals surface area contributed by atoms with Gasteiger partial charge in [-0.15, -0.1) is 0 Å². The molecular formula is C17H18N4. The Labute approximate surface area is 123 Å². The summed E-state index contributed by atoms with van der Waals surface area (Å²) in [5, 5.41) is 3.52. The molecule has 1 atom stereocenters. The van der Waals surface area contributed by atoms with Crippen molar-refractivity contribution in [3.63, 3.8) is 0 Å². The molecule has 1 aliphatic heterocycles. The number of nitrogens with one attached hydrogen (secondary N) is 1. The van der Waals surface area contributed by atoms with Crippen LogP contribution < -0.4 is 5.32 Å². The Bertz CT molecular complexity index is 790. The van der Waals surface area contributed by atoms with Gasteiger partial charge in [0.1, 0.15) is 11.3 Å². The molecule has 1 aromatic carbocycles. The smallest absolute Gasteiger partial charge is 0.118 e. The van der Waals surface area contributed by atoms with Crippen molar-refractivity contribution in [1.82, 2.24) is 19.9 Å². The van der Waals surface area contributed by atoms with Crippen molar-refractivity contribution in [1.29, 1.82) is 0 Å². The predicted molar refractivity (Wildman–Crippen MR) is 83.2 cm³/mol. The number of pyridine rings is 1. The van der Waals surface area contributed by atoms with Gasteiger partial charge in [0.05, 0.1) is 17.6 Å². The van der Waals surface area contributed by atoms with Crippen LogP contribution in [0.15, 0.2) is 42.7 Å². The second-order valence-corrected chi connectivity index (χ2v) is 5.46. The fourth-order valence-electron chi connectivity index (χ4n) is 3.33. The summed E-state index contributed by atoms with van der Waals surface area (Å²) in [5.74, 6) is 1.45. The van der Waals surface area contributed by atoms with Crippen LogP contribution in [0.5, 0.6) is 0 Å². The first-order chi connectivity index (χ1) is 10.4. The van der Waals surface area contributed by atoms with Gasteiger partial charge in [0.15, 0.2) is 0 Å². The lowest BCUT2D eigenvalue weighted by Gasteiger charge is -2.26. The van der Waals surface area contributed by atoms with Crippen LogP contribution in [-0.4, -0.2) is 21.1 Å². The van der Waals surface area contributed by atoms with E-state index in [2.05, 4.69) is 52.1 Å². The minimum atomic E-state index is 0.308. The quantitative estimate of drug-likeness (QED) is 0.783. The Morgan fingerprint density at radius 1 is 1.29 bits per heavy atom. The summed E-state index contributed by atoms with van der Waals surface area (Å²) in [6.07, 6.45) is 3.69. The number of fused-ring (bicyclic) bond motifs is 2. The number of aromatic nitrogens is 3. The number of benzene rings is 1. The average molecular weight is 278 g/mol. The van der Waals surface area contributed by atoms with E-state index < -0.39 is 0 Å². The lowest BCUT2D eigenvalue weighted by atomic mass is 9.90. The molecule has 0 spiro atoms. The molecule has 21 heavy (non-hydrogen) atoms. The number of hydrogen-bond donors (Lipinski definition) is 1. The second-order valence-electron chi connectivity index (χ2n) is 5.46. The summed E-state index contributed by atoms with van der Waals surface area (Å²) in [7, 11) is 0.